The molecule has 1 atom stereocenters. The number of methoxy groups -OCH3 is 1. The minimum absolute atomic E-state index is 0.0389. The maximum Gasteiger partial charge on any atom is 0.256 e. The molecule has 0 spiro atoms. The Balaban J connectivity index is 1.72. The van der Waals surface area contributed by atoms with Gasteiger partial charge in [0.1, 0.15) is 6.61 Å². The number of piperidine rings is 1. The molecule has 0 saturated carbocycles. The summed E-state index contributed by atoms with van der Waals surface area (Å²) >= 11 is 0. The van der Waals surface area contributed by atoms with Crippen LogP contribution in [0.1, 0.15) is 53.1 Å². The van der Waals surface area contributed by atoms with Gasteiger partial charge in [-0.15, -0.1) is 0 Å². The highest BCUT2D eigenvalue weighted by molar-refractivity contribution is 5.95. The fourth-order valence-electron chi connectivity index (χ4n) is 3.07. The van der Waals surface area contributed by atoms with Gasteiger partial charge in [0.25, 0.3) is 11.8 Å². The monoisotopic (exact) mass is 360 g/mol. The maximum absolute atomic E-state index is 13.0. The molecule has 1 aliphatic rings. The molecule has 1 fully saturated rings. The SMILES string of the molecule is COCCOCc1nc(C2CCCCN2C(=O)c2cccnc2C)no1. The van der Waals surface area contributed by atoms with Crippen LogP contribution in [0.25, 0.3) is 0 Å². The molecule has 3 heterocycles. The van der Waals surface area contributed by atoms with Gasteiger partial charge in [0, 0.05) is 25.5 Å². The number of likely N-dealkylation sites (tertiary alicyclic amines) is 1. The van der Waals surface area contributed by atoms with Crippen molar-refractivity contribution >= 4 is 5.91 Å². The van der Waals surface area contributed by atoms with Gasteiger partial charge >= 0.3 is 0 Å². The van der Waals surface area contributed by atoms with Crippen LogP contribution in [0.15, 0.2) is 22.9 Å². The molecule has 8 nitrogen and oxygen atoms in total. The van der Waals surface area contributed by atoms with E-state index in [2.05, 4.69) is 15.1 Å². The summed E-state index contributed by atoms with van der Waals surface area (Å²) in [4.78, 5) is 23.5. The third-order valence-electron chi connectivity index (χ3n) is 4.44. The molecule has 1 unspecified atom stereocenters. The van der Waals surface area contributed by atoms with E-state index in [4.69, 9.17) is 14.0 Å². The molecular formula is C18H24N4O4. The quantitative estimate of drug-likeness (QED) is 0.700. The van der Waals surface area contributed by atoms with Gasteiger partial charge in [0.2, 0.25) is 0 Å². The van der Waals surface area contributed by atoms with Crippen LogP contribution in [0, 0.1) is 6.92 Å². The van der Waals surface area contributed by atoms with Gasteiger partial charge in [-0.1, -0.05) is 5.16 Å². The largest absolute Gasteiger partial charge is 0.382 e. The number of rotatable bonds is 7. The van der Waals surface area contributed by atoms with Crippen LogP contribution < -0.4 is 0 Å². The van der Waals surface area contributed by atoms with Gasteiger partial charge in [-0.2, -0.15) is 4.98 Å². The molecule has 0 bridgehead atoms. The van der Waals surface area contributed by atoms with Gasteiger partial charge in [-0.25, -0.2) is 0 Å². The molecule has 0 aliphatic carbocycles. The van der Waals surface area contributed by atoms with Crippen molar-refractivity contribution < 1.29 is 18.8 Å². The number of pyridine rings is 1. The number of carbonyl (C=O) groups is 1. The summed E-state index contributed by atoms with van der Waals surface area (Å²) in [5.41, 5.74) is 1.34. The van der Waals surface area contributed by atoms with Crippen LogP contribution in [0.5, 0.6) is 0 Å². The molecule has 1 aliphatic heterocycles. The van der Waals surface area contributed by atoms with E-state index in [0.717, 1.165) is 25.0 Å². The third kappa shape index (κ3) is 4.25. The van der Waals surface area contributed by atoms with Crippen LogP contribution in [0.2, 0.25) is 0 Å². The second-order valence-corrected chi connectivity index (χ2v) is 6.24. The van der Waals surface area contributed by atoms with Gasteiger partial charge in [-0.3, -0.25) is 9.78 Å². The molecule has 0 radical (unpaired) electrons. The zero-order valence-electron chi connectivity index (χ0n) is 15.2. The first-order valence-electron chi connectivity index (χ1n) is 8.82. The van der Waals surface area contributed by atoms with E-state index < -0.39 is 0 Å². The predicted octanol–water partition coefficient (Wildman–Crippen LogP) is 2.30. The molecule has 1 amide bonds. The minimum atomic E-state index is -0.188. The zero-order valence-corrected chi connectivity index (χ0v) is 15.2. The second kappa shape index (κ2) is 8.86. The highest BCUT2D eigenvalue weighted by atomic mass is 16.5. The van der Waals surface area contributed by atoms with Crippen molar-refractivity contribution in [3.63, 3.8) is 0 Å². The van der Waals surface area contributed by atoms with E-state index in [1.807, 2.05) is 17.9 Å². The van der Waals surface area contributed by atoms with Gasteiger partial charge < -0.3 is 18.9 Å². The van der Waals surface area contributed by atoms with E-state index >= 15 is 0 Å². The first kappa shape index (κ1) is 18.5. The Morgan fingerprint density at radius 3 is 3.08 bits per heavy atom. The summed E-state index contributed by atoms with van der Waals surface area (Å²) in [6.07, 6.45) is 4.49. The lowest BCUT2D eigenvalue weighted by Crippen LogP contribution is -2.39. The summed E-state index contributed by atoms with van der Waals surface area (Å²) in [5.74, 6) is 0.902. The van der Waals surface area contributed by atoms with Crippen LogP contribution in [0.3, 0.4) is 0 Å². The molecule has 8 heteroatoms. The maximum atomic E-state index is 13.0. The Labute approximate surface area is 152 Å². The second-order valence-electron chi connectivity index (χ2n) is 6.24. The molecule has 1 saturated heterocycles. The first-order valence-corrected chi connectivity index (χ1v) is 8.82. The Kier molecular flexibility index (Phi) is 6.30. The van der Waals surface area contributed by atoms with Gasteiger partial charge in [0.15, 0.2) is 5.82 Å². The summed E-state index contributed by atoms with van der Waals surface area (Å²) in [7, 11) is 1.62. The van der Waals surface area contributed by atoms with Crippen LogP contribution >= 0.6 is 0 Å². The van der Waals surface area contributed by atoms with E-state index in [1.165, 1.54) is 0 Å². The normalized spacial score (nSPS) is 17.5. The Morgan fingerprint density at radius 1 is 1.38 bits per heavy atom. The summed E-state index contributed by atoms with van der Waals surface area (Å²) in [6, 6.07) is 3.40. The Morgan fingerprint density at radius 2 is 2.27 bits per heavy atom. The minimum Gasteiger partial charge on any atom is -0.382 e. The topological polar surface area (TPSA) is 90.6 Å². The molecule has 26 heavy (non-hydrogen) atoms. The van der Waals surface area contributed by atoms with Crippen molar-refractivity contribution in [1.82, 2.24) is 20.0 Å². The summed E-state index contributed by atoms with van der Waals surface area (Å²) in [5, 5.41) is 4.08. The lowest BCUT2D eigenvalue weighted by molar-refractivity contribution is 0.0494. The van der Waals surface area contributed by atoms with Gasteiger partial charge in [0.05, 0.1) is 24.8 Å². The van der Waals surface area contributed by atoms with E-state index in [-0.39, 0.29) is 18.6 Å². The Hall–Kier alpha value is -2.32. The van der Waals surface area contributed by atoms with Crippen molar-refractivity contribution in [2.75, 3.05) is 26.9 Å². The fraction of sp³-hybridized carbons (Fsp3) is 0.556. The van der Waals surface area contributed by atoms with Crippen molar-refractivity contribution in [2.45, 2.75) is 38.8 Å². The number of ether oxygens (including phenoxy) is 2. The molecule has 3 rings (SSSR count). The van der Waals surface area contributed by atoms with E-state index in [0.29, 0.717) is 37.0 Å². The summed E-state index contributed by atoms with van der Waals surface area (Å²) < 4.78 is 15.6. The molecule has 0 N–H and O–H groups in total. The predicted molar refractivity (Wildman–Crippen MR) is 92.4 cm³/mol. The fourth-order valence-corrected chi connectivity index (χ4v) is 3.07. The van der Waals surface area contributed by atoms with E-state index in [1.54, 1.807) is 19.4 Å². The third-order valence-corrected chi connectivity index (χ3v) is 4.44. The number of carbonyl (C=O) groups excluding carboxylic acids is 1. The average Bonchev–Trinajstić information content (AvgIpc) is 3.14. The van der Waals surface area contributed by atoms with Crippen molar-refractivity contribution in [2.24, 2.45) is 0 Å². The van der Waals surface area contributed by atoms with Crippen molar-refractivity contribution in [1.29, 1.82) is 0 Å². The lowest BCUT2D eigenvalue weighted by Gasteiger charge is -2.34. The van der Waals surface area contributed by atoms with E-state index in [9.17, 15) is 4.79 Å². The van der Waals surface area contributed by atoms with Crippen LogP contribution in [-0.2, 0) is 16.1 Å². The van der Waals surface area contributed by atoms with Crippen LogP contribution in [0.4, 0.5) is 0 Å². The molecular weight excluding hydrogens is 336 g/mol. The standard InChI is InChI=1S/C18H24N4O4/c1-13-14(6-5-8-19-13)18(23)22-9-4-3-7-15(22)17-20-16(26-21-17)12-25-11-10-24-2/h5-6,8,15H,3-4,7,9-12H2,1-2H3. The molecule has 2 aromatic heterocycles. The smallest absolute Gasteiger partial charge is 0.256 e. The number of aryl methyl sites for hydroxylation is 1. The lowest BCUT2D eigenvalue weighted by atomic mass is 10.00. The highest BCUT2D eigenvalue weighted by Gasteiger charge is 2.32. The molecule has 0 aromatic carbocycles. The zero-order chi connectivity index (χ0) is 18.4. The first-order chi connectivity index (χ1) is 12.7. The number of hydrogen-bond acceptors (Lipinski definition) is 7. The average molecular weight is 360 g/mol. The number of aromatic nitrogens is 3. The highest BCUT2D eigenvalue weighted by Crippen LogP contribution is 2.31. The molecule has 140 valence electrons. The molecule has 2 aromatic rings. The van der Waals surface area contributed by atoms with Gasteiger partial charge in [-0.05, 0) is 38.3 Å². The number of nitrogens with zero attached hydrogens (tertiary/aromatic N) is 4. The van der Waals surface area contributed by atoms with Crippen molar-refractivity contribution in [3.8, 4) is 0 Å². The number of amides is 1. The summed E-state index contributed by atoms with van der Waals surface area (Å²) in [6.45, 7) is 3.72. The Bertz CT molecular complexity index is 733. The van der Waals surface area contributed by atoms with Crippen molar-refractivity contribution in [3.05, 3.63) is 41.3 Å². The van der Waals surface area contributed by atoms with Crippen LogP contribution in [-0.4, -0.2) is 52.8 Å². The number of hydrogen-bond donors (Lipinski definition) is 0.